The quantitative estimate of drug-likeness (QED) is 0.303. The molecule has 2 amide bonds. The van der Waals surface area contributed by atoms with Crippen LogP contribution in [0.2, 0.25) is 0 Å². The SMILES string of the molecule is C=CCC(=O)OCC(=C)OC(=O)NCc1cccc(CNC(=O)OC)c1. The highest BCUT2D eigenvalue weighted by molar-refractivity contribution is 5.71. The van der Waals surface area contributed by atoms with E-state index in [0.29, 0.717) is 6.54 Å². The Labute approximate surface area is 151 Å². The van der Waals surface area contributed by atoms with Gasteiger partial charge in [0, 0.05) is 13.1 Å². The first-order chi connectivity index (χ1) is 12.4. The number of esters is 1. The molecule has 0 aliphatic rings. The van der Waals surface area contributed by atoms with E-state index in [2.05, 4.69) is 28.5 Å². The molecule has 0 saturated carbocycles. The molecule has 26 heavy (non-hydrogen) atoms. The molecule has 0 heterocycles. The van der Waals surface area contributed by atoms with Crippen LogP contribution in [0, 0.1) is 0 Å². The molecule has 0 aliphatic carbocycles. The van der Waals surface area contributed by atoms with Crippen molar-refractivity contribution in [3.05, 3.63) is 60.4 Å². The second kappa shape index (κ2) is 11.3. The fourth-order valence-corrected chi connectivity index (χ4v) is 1.80. The van der Waals surface area contributed by atoms with E-state index in [9.17, 15) is 14.4 Å². The summed E-state index contributed by atoms with van der Waals surface area (Å²) >= 11 is 0. The first kappa shape index (κ1) is 20.8. The van der Waals surface area contributed by atoms with Gasteiger partial charge in [-0.2, -0.15) is 0 Å². The number of carbonyl (C=O) groups excluding carboxylic acids is 3. The Hall–Kier alpha value is -3.29. The molecule has 0 unspecified atom stereocenters. The zero-order valence-corrected chi connectivity index (χ0v) is 14.6. The third-order valence-electron chi connectivity index (χ3n) is 2.99. The van der Waals surface area contributed by atoms with Gasteiger partial charge in [-0.1, -0.05) is 36.9 Å². The van der Waals surface area contributed by atoms with Gasteiger partial charge in [-0.05, 0) is 11.1 Å². The molecule has 0 spiro atoms. The Bertz CT molecular complexity index is 671. The molecule has 0 radical (unpaired) electrons. The molecule has 8 heteroatoms. The number of carbonyl (C=O) groups is 3. The predicted octanol–water partition coefficient (Wildman–Crippen LogP) is 2.40. The third kappa shape index (κ3) is 8.53. The summed E-state index contributed by atoms with van der Waals surface area (Å²) in [6.45, 7) is 7.23. The van der Waals surface area contributed by atoms with E-state index >= 15 is 0 Å². The van der Waals surface area contributed by atoms with Crippen LogP contribution < -0.4 is 10.6 Å². The van der Waals surface area contributed by atoms with Gasteiger partial charge in [0.15, 0.2) is 0 Å². The van der Waals surface area contributed by atoms with Crippen LogP contribution in [0.1, 0.15) is 17.5 Å². The number of ether oxygens (including phenoxy) is 3. The first-order valence-corrected chi connectivity index (χ1v) is 7.74. The molecular weight excluding hydrogens is 340 g/mol. The topological polar surface area (TPSA) is 103 Å². The van der Waals surface area contributed by atoms with Gasteiger partial charge < -0.3 is 24.8 Å². The molecule has 140 valence electrons. The molecule has 0 atom stereocenters. The van der Waals surface area contributed by atoms with Gasteiger partial charge in [-0.15, -0.1) is 6.58 Å². The lowest BCUT2D eigenvalue weighted by molar-refractivity contribution is -0.142. The minimum Gasteiger partial charge on any atom is -0.457 e. The van der Waals surface area contributed by atoms with E-state index in [1.807, 2.05) is 18.2 Å². The molecule has 0 bridgehead atoms. The fraction of sp³-hybridized carbons (Fsp3) is 0.278. The maximum atomic E-state index is 11.7. The van der Waals surface area contributed by atoms with Crippen LogP contribution in [0.25, 0.3) is 0 Å². The summed E-state index contributed by atoms with van der Waals surface area (Å²) in [5.74, 6) is -0.474. The maximum absolute atomic E-state index is 11.7. The van der Waals surface area contributed by atoms with Gasteiger partial charge in [-0.3, -0.25) is 4.79 Å². The summed E-state index contributed by atoms with van der Waals surface area (Å²) in [7, 11) is 1.29. The summed E-state index contributed by atoms with van der Waals surface area (Å²) in [6.07, 6.45) is 0.242. The number of methoxy groups -OCH3 is 1. The van der Waals surface area contributed by atoms with E-state index in [1.54, 1.807) is 6.07 Å². The van der Waals surface area contributed by atoms with Crippen LogP contribution >= 0.6 is 0 Å². The predicted molar refractivity (Wildman–Crippen MR) is 93.9 cm³/mol. The molecule has 0 fully saturated rings. The van der Waals surface area contributed by atoms with Crippen LogP contribution in [0.3, 0.4) is 0 Å². The molecule has 2 N–H and O–H groups in total. The minimum atomic E-state index is -0.715. The average molecular weight is 362 g/mol. The highest BCUT2D eigenvalue weighted by atomic mass is 16.6. The van der Waals surface area contributed by atoms with Crippen LogP contribution in [0.4, 0.5) is 9.59 Å². The van der Waals surface area contributed by atoms with E-state index in [1.165, 1.54) is 13.2 Å². The van der Waals surface area contributed by atoms with Crippen molar-refractivity contribution in [3.63, 3.8) is 0 Å². The van der Waals surface area contributed by atoms with Gasteiger partial charge in [0.05, 0.1) is 13.5 Å². The summed E-state index contributed by atoms with van der Waals surface area (Å²) in [5, 5.41) is 5.12. The van der Waals surface area contributed by atoms with Gasteiger partial charge >= 0.3 is 18.2 Å². The number of benzene rings is 1. The zero-order chi connectivity index (χ0) is 19.4. The fourth-order valence-electron chi connectivity index (χ4n) is 1.80. The normalized spacial score (nSPS) is 9.58. The van der Waals surface area contributed by atoms with Crippen molar-refractivity contribution in [2.24, 2.45) is 0 Å². The lowest BCUT2D eigenvalue weighted by Crippen LogP contribution is -2.25. The standard InChI is InChI=1S/C18H22N2O6/c1-4-6-16(21)25-12-13(2)26-18(23)20-11-15-8-5-7-14(9-15)10-19-17(22)24-3/h4-5,7-9H,1-2,6,10-12H2,3H3,(H,19,22)(H,20,23). The van der Waals surface area contributed by atoms with Crippen molar-refractivity contribution < 1.29 is 28.6 Å². The number of rotatable bonds is 9. The number of amides is 2. The molecular formula is C18H22N2O6. The minimum absolute atomic E-state index is 0.0101. The maximum Gasteiger partial charge on any atom is 0.412 e. The molecule has 1 aromatic carbocycles. The van der Waals surface area contributed by atoms with E-state index in [4.69, 9.17) is 9.47 Å². The second-order valence-electron chi connectivity index (χ2n) is 5.10. The van der Waals surface area contributed by atoms with Crippen LogP contribution in [0.15, 0.2) is 49.3 Å². The molecule has 8 nitrogen and oxygen atoms in total. The number of alkyl carbamates (subject to hydrolysis) is 2. The molecule has 0 aliphatic heterocycles. The molecule has 1 aromatic rings. The van der Waals surface area contributed by atoms with E-state index < -0.39 is 18.2 Å². The second-order valence-corrected chi connectivity index (χ2v) is 5.10. The van der Waals surface area contributed by atoms with Gasteiger partial charge in [0.1, 0.15) is 12.4 Å². The Morgan fingerprint density at radius 3 is 2.31 bits per heavy atom. The van der Waals surface area contributed by atoms with Crippen molar-refractivity contribution in [3.8, 4) is 0 Å². The third-order valence-corrected chi connectivity index (χ3v) is 2.99. The van der Waals surface area contributed by atoms with Gasteiger partial charge in [0.25, 0.3) is 0 Å². The summed E-state index contributed by atoms with van der Waals surface area (Å²) < 4.78 is 14.2. The summed E-state index contributed by atoms with van der Waals surface area (Å²) in [6, 6.07) is 7.27. The van der Waals surface area contributed by atoms with Crippen LogP contribution in [-0.2, 0) is 32.1 Å². The summed E-state index contributed by atoms with van der Waals surface area (Å²) in [4.78, 5) is 33.9. The number of hydrogen-bond acceptors (Lipinski definition) is 6. The molecule has 0 aromatic heterocycles. The average Bonchev–Trinajstić information content (AvgIpc) is 2.63. The van der Waals surface area contributed by atoms with Gasteiger partial charge in [-0.25, -0.2) is 9.59 Å². The van der Waals surface area contributed by atoms with Crippen molar-refractivity contribution in [2.45, 2.75) is 19.5 Å². The van der Waals surface area contributed by atoms with Crippen LogP contribution in [-0.4, -0.2) is 31.9 Å². The monoisotopic (exact) mass is 362 g/mol. The lowest BCUT2D eigenvalue weighted by Gasteiger charge is -2.10. The Balaban J connectivity index is 2.37. The smallest absolute Gasteiger partial charge is 0.412 e. The molecule has 1 rings (SSSR count). The molecule has 0 saturated heterocycles. The Kier molecular flexibility index (Phi) is 9.02. The largest absolute Gasteiger partial charge is 0.457 e. The Morgan fingerprint density at radius 1 is 1.12 bits per heavy atom. The number of nitrogens with one attached hydrogen (secondary N) is 2. The number of hydrogen-bond donors (Lipinski definition) is 2. The van der Waals surface area contributed by atoms with Crippen molar-refractivity contribution >= 4 is 18.2 Å². The lowest BCUT2D eigenvalue weighted by atomic mass is 10.1. The van der Waals surface area contributed by atoms with Crippen LogP contribution in [0.5, 0.6) is 0 Å². The van der Waals surface area contributed by atoms with E-state index in [0.717, 1.165) is 11.1 Å². The van der Waals surface area contributed by atoms with Crippen molar-refractivity contribution in [2.75, 3.05) is 13.7 Å². The zero-order valence-electron chi connectivity index (χ0n) is 14.6. The summed E-state index contributed by atoms with van der Waals surface area (Å²) in [5.41, 5.74) is 1.66. The highest BCUT2D eigenvalue weighted by Gasteiger charge is 2.08. The van der Waals surface area contributed by atoms with Crippen molar-refractivity contribution in [1.82, 2.24) is 10.6 Å². The van der Waals surface area contributed by atoms with Crippen molar-refractivity contribution in [1.29, 1.82) is 0 Å². The van der Waals surface area contributed by atoms with Gasteiger partial charge in [0.2, 0.25) is 0 Å². The Morgan fingerprint density at radius 2 is 1.73 bits per heavy atom. The van der Waals surface area contributed by atoms with E-state index in [-0.39, 0.29) is 25.3 Å². The first-order valence-electron chi connectivity index (χ1n) is 7.74. The highest BCUT2D eigenvalue weighted by Crippen LogP contribution is 2.06.